The van der Waals surface area contributed by atoms with E-state index in [4.69, 9.17) is 4.74 Å². The number of para-hydroxylation sites is 1. The fraction of sp³-hybridized carbons (Fsp3) is 0.190. The molecule has 0 bridgehead atoms. The first-order valence-corrected chi connectivity index (χ1v) is 8.72. The fourth-order valence-electron chi connectivity index (χ4n) is 2.74. The molecule has 1 heterocycles. The van der Waals surface area contributed by atoms with E-state index in [1.54, 1.807) is 6.08 Å². The van der Waals surface area contributed by atoms with Gasteiger partial charge < -0.3 is 10.1 Å². The van der Waals surface area contributed by atoms with Crippen molar-refractivity contribution in [2.45, 2.75) is 25.6 Å². The van der Waals surface area contributed by atoms with Gasteiger partial charge in [-0.1, -0.05) is 54.6 Å². The van der Waals surface area contributed by atoms with Gasteiger partial charge in [-0.15, -0.1) is 6.58 Å². The van der Waals surface area contributed by atoms with Crippen LogP contribution in [0.15, 0.2) is 72.2 Å². The lowest BCUT2D eigenvalue weighted by molar-refractivity contribution is -0.117. The molecule has 138 valence electrons. The number of rotatable bonds is 6. The van der Waals surface area contributed by atoms with E-state index in [9.17, 15) is 9.59 Å². The standard InChI is InChI=1S/C21H21N3O3/c1-2-3-12-17-16-11-7-8-13-18(16)23-20(25)19(22-17)24-21(26)27-14-15-9-5-4-6-10-15/h2,4-11,13,19H,1,3,12,14H2,(H,23,25)(H,24,26). The predicted octanol–water partition coefficient (Wildman–Crippen LogP) is 3.65. The van der Waals surface area contributed by atoms with Crippen molar-refractivity contribution in [2.75, 3.05) is 5.32 Å². The van der Waals surface area contributed by atoms with Gasteiger partial charge in [0.1, 0.15) is 6.61 Å². The highest BCUT2D eigenvalue weighted by Gasteiger charge is 2.26. The maximum Gasteiger partial charge on any atom is 0.409 e. The Labute approximate surface area is 158 Å². The molecule has 1 atom stereocenters. The van der Waals surface area contributed by atoms with E-state index in [0.717, 1.165) is 16.8 Å². The van der Waals surface area contributed by atoms with Crippen LogP contribution in [-0.2, 0) is 16.1 Å². The first kappa shape index (κ1) is 18.4. The van der Waals surface area contributed by atoms with Crippen LogP contribution in [0.2, 0.25) is 0 Å². The molecule has 2 N–H and O–H groups in total. The van der Waals surface area contributed by atoms with Gasteiger partial charge in [-0.05, 0) is 24.5 Å². The van der Waals surface area contributed by atoms with Crippen molar-refractivity contribution in [2.24, 2.45) is 4.99 Å². The van der Waals surface area contributed by atoms with Gasteiger partial charge in [0.05, 0.1) is 0 Å². The van der Waals surface area contributed by atoms with Crippen LogP contribution in [-0.4, -0.2) is 23.9 Å². The molecule has 0 fully saturated rings. The van der Waals surface area contributed by atoms with Crippen molar-refractivity contribution in [3.8, 4) is 0 Å². The number of aliphatic imine (C=N–C) groups is 1. The number of carbonyl (C=O) groups is 2. The van der Waals surface area contributed by atoms with Gasteiger partial charge in [-0.2, -0.15) is 0 Å². The molecule has 1 aliphatic heterocycles. The lowest BCUT2D eigenvalue weighted by Crippen LogP contribution is -2.42. The summed E-state index contributed by atoms with van der Waals surface area (Å²) in [6.45, 7) is 3.85. The largest absolute Gasteiger partial charge is 0.445 e. The molecule has 2 aromatic carbocycles. The van der Waals surface area contributed by atoms with Crippen molar-refractivity contribution in [1.82, 2.24) is 5.32 Å². The molecule has 6 heteroatoms. The van der Waals surface area contributed by atoms with Crippen molar-refractivity contribution >= 4 is 23.4 Å². The molecular weight excluding hydrogens is 342 g/mol. The minimum atomic E-state index is -1.06. The number of hydrogen-bond donors (Lipinski definition) is 2. The number of ether oxygens (including phenoxy) is 1. The number of nitrogens with zero attached hydrogens (tertiary/aromatic N) is 1. The molecule has 1 aliphatic rings. The van der Waals surface area contributed by atoms with Gasteiger partial charge in [0.15, 0.2) is 0 Å². The lowest BCUT2D eigenvalue weighted by atomic mass is 10.0. The number of hydrogen-bond acceptors (Lipinski definition) is 4. The third-order valence-electron chi connectivity index (χ3n) is 4.08. The first-order chi connectivity index (χ1) is 13.2. The maximum absolute atomic E-state index is 12.5. The van der Waals surface area contributed by atoms with Gasteiger partial charge in [-0.25, -0.2) is 4.79 Å². The van der Waals surface area contributed by atoms with Crippen molar-refractivity contribution in [3.63, 3.8) is 0 Å². The summed E-state index contributed by atoms with van der Waals surface area (Å²) in [5.41, 5.74) is 3.11. The molecule has 3 rings (SSSR count). The highest BCUT2D eigenvalue weighted by atomic mass is 16.5. The summed E-state index contributed by atoms with van der Waals surface area (Å²) < 4.78 is 5.20. The zero-order valence-corrected chi connectivity index (χ0v) is 14.9. The molecule has 0 aliphatic carbocycles. The smallest absolute Gasteiger partial charge is 0.409 e. The highest BCUT2D eigenvalue weighted by Crippen LogP contribution is 2.22. The molecule has 6 nitrogen and oxygen atoms in total. The number of fused-ring (bicyclic) bond motifs is 1. The average Bonchev–Trinajstić information content (AvgIpc) is 2.82. The number of amides is 2. The summed E-state index contributed by atoms with van der Waals surface area (Å²) in [5.74, 6) is -0.410. The minimum Gasteiger partial charge on any atom is -0.445 e. The first-order valence-electron chi connectivity index (χ1n) is 8.72. The highest BCUT2D eigenvalue weighted by molar-refractivity contribution is 6.12. The third-order valence-corrected chi connectivity index (χ3v) is 4.08. The van der Waals surface area contributed by atoms with E-state index in [2.05, 4.69) is 22.2 Å². The van der Waals surface area contributed by atoms with Crippen LogP contribution >= 0.6 is 0 Å². The molecular formula is C21H21N3O3. The SMILES string of the molecule is C=CCCC1=NC(NC(=O)OCc2ccccc2)C(=O)Nc2ccccc21. The van der Waals surface area contributed by atoms with E-state index < -0.39 is 18.2 Å². The third kappa shape index (κ3) is 4.82. The normalized spacial score (nSPS) is 15.6. The zero-order valence-electron chi connectivity index (χ0n) is 14.9. The van der Waals surface area contributed by atoms with E-state index in [1.807, 2.05) is 54.6 Å². The number of benzene rings is 2. The Morgan fingerprint density at radius 1 is 1.19 bits per heavy atom. The van der Waals surface area contributed by atoms with E-state index in [-0.39, 0.29) is 6.61 Å². The molecule has 0 spiro atoms. The van der Waals surface area contributed by atoms with Gasteiger partial charge in [0, 0.05) is 17.0 Å². The Bertz CT molecular complexity index is 862. The quantitative estimate of drug-likeness (QED) is 0.769. The second kappa shape index (κ2) is 8.80. The molecule has 0 radical (unpaired) electrons. The Morgan fingerprint density at radius 2 is 1.93 bits per heavy atom. The Hall–Kier alpha value is -3.41. The molecule has 1 unspecified atom stereocenters. The van der Waals surface area contributed by atoms with Gasteiger partial charge in [0.25, 0.3) is 5.91 Å². The molecule has 0 saturated carbocycles. The predicted molar refractivity (Wildman–Crippen MR) is 105 cm³/mol. The van der Waals surface area contributed by atoms with Crippen LogP contribution in [0.5, 0.6) is 0 Å². The van der Waals surface area contributed by atoms with E-state index in [0.29, 0.717) is 18.5 Å². The summed E-state index contributed by atoms with van der Waals surface area (Å²) in [6, 6.07) is 16.8. The van der Waals surface area contributed by atoms with E-state index >= 15 is 0 Å². The number of anilines is 1. The van der Waals surface area contributed by atoms with Gasteiger partial charge >= 0.3 is 6.09 Å². The Kier molecular flexibility index (Phi) is 5.99. The monoisotopic (exact) mass is 363 g/mol. The van der Waals surface area contributed by atoms with Crippen LogP contribution in [0.25, 0.3) is 0 Å². The molecule has 2 amide bonds. The van der Waals surface area contributed by atoms with E-state index in [1.165, 1.54) is 0 Å². The molecule has 0 aromatic heterocycles. The Morgan fingerprint density at radius 3 is 2.70 bits per heavy atom. The van der Waals surface area contributed by atoms with Crippen molar-refractivity contribution < 1.29 is 14.3 Å². The average molecular weight is 363 g/mol. The van der Waals surface area contributed by atoms with Gasteiger partial charge in [0.2, 0.25) is 6.17 Å². The summed E-state index contributed by atoms with van der Waals surface area (Å²) in [4.78, 5) is 29.1. The Balaban J connectivity index is 1.73. The number of nitrogens with one attached hydrogen (secondary N) is 2. The molecule has 0 saturated heterocycles. The van der Waals surface area contributed by atoms with Crippen molar-refractivity contribution in [1.29, 1.82) is 0 Å². The van der Waals surface area contributed by atoms with Crippen LogP contribution in [0.3, 0.4) is 0 Å². The van der Waals surface area contributed by atoms with Crippen molar-refractivity contribution in [3.05, 3.63) is 78.4 Å². The summed E-state index contributed by atoms with van der Waals surface area (Å²) >= 11 is 0. The fourth-order valence-corrected chi connectivity index (χ4v) is 2.74. The maximum atomic E-state index is 12.5. The molecule has 2 aromatic rings. The summed E-state index contributed by atoms with van der Waals surface area (Å²) in [7, 11) is 0. The topological polar surface area (TPSA) is 79.8 Å². The van der Waals surface area contributed by atoms with Crippen LogP contribution in [0.4, 0.5) is 10.5 Å². The number of carbonyl (C=O) groups excluding carboxylic acids is 2. The number of allylic oxidation sites excluding steroid dienone is 1. The van der Waals surface area contributed by atoms with Gasteiger partial charge in [-0.3, -0.25) is 15.1 Å². The lowest BCUT2D eigenvalue weighted by Gasteiger charge is -2.13. The van der Waals surface area contributed by atoms with Crippen LogP contribution < -0.4 is 10.6 Å². The summed E-state index contributed by atoms with van der Waals surface area (Å²) in [6.07, 6.45) is 1.37. The zero-order chi connectivity index (χ0) is 19.1. The second-order valence-corrected chi connectivity index (χ2v) is 6.05. The minimum absolute atomic E-state index is 0.119. The number of alkyl carbamates (subject to hydrolysis) is 1. The second-order valence-electron chi connectivity index (χ2n) is 6.05. The number of benzodiazepines with no additional fused rings is 1. The van der Waals surface area contributed by atoms with Crippen LogP contribution in [0, 0.1) is 0 Å². The molecule has 27 heavy (non-hydrogen) atoms. The van der Waals surface area contributed by atoms with Crippen LogP contribution in [0.1, 0.15) is 24.0 Å². The summed E-state index contributed by atoms with van der Waals surface area (Å²) in [5, 5.41) is 5.34.